The van der Waals surface area contributed by atoms with Crippen LogP contribution in [0, 0.1) is 5.82 Å². The molecule has 2 rings (SSSR count). The topological polar surface area (TPSA) is 39.2 Å². The van der Waals surface area contributed by atoms with E-state index in [0.717, 1.165) is 5.56 Å². The first-order valence-electron chi connectivity index (χ1n) is 5.46. The first-order valence-corrected chi connectivity index (χ1v) is 5.46. The molecule has 0 aliphatic rings. The molecule has 0 aliphatic carbocycles. The van der Waals surface area contributed by atoms with Gasteiger partial charge in [-0.15, -0.1) is 0 Å². The number of nitrogens with zero attached hydrogens (tertiary/aromatic N) is 1. The molecule has 0 N–H and O–H groups in total. The number of halogens is 1. The summed E-state index contributed by atoms with van der Waals surface area (Å²) in [6.45, 7) is 0. The number of benzene rings is 1. The Morgan fingerprint density at radius 1 is 1.28 bits per heavy atom. The molecule has 18 heavy (non-hydrogen) atoms. The van der Waals surface area contributed by atoms with E-state index in [2.05, 4.69) is 4.98 Å². The molecule has 0 radical (unpaired) electrons. The van der Waals surface area contributed by atoms with Crippen molar-refractivity contribution in [3.05, 3.63) is 59.7 Å². The third-order valence-electron chi connectivity index (χ3n) is 2.58. The van der Waals surface area contributed by atoms with Crippen molar-refractivity contribution >= 4 is 5.78 Å². The molecule has 0 atom stereocenters. The highest BCUT2D eigenvalue weighted by molar-refractivity contribution is 5.99. The van der Waals surface area contributed by atoms with E-state index in [9.17, 15) is 9.18 Å². The van der Waals surface area contributed by atoms with Crippen LogP contribution in [0.4, 0.5) is 4.39 Å². The van der Waals surface area contributed by atoms with Crippen LogP contribution < -0.4 is 4.74 Å². The summed E-state index contributed by atoms with van der Waals surface area (Å²) < 4.78 is 17.8. The van der Waals surface area contributed by atoms with Gasteiger partial charge in [0.2, 0.25) is 0 Å². The van der Waals surface area contributed by atoms with Gasteiger partial charge in [0.15, 0.2) is 5.78 Å². The predicted octanol–water partition coefficient (Wildman–Crippen LogP) is 2.65. The van der Waals surface area contributed by atoms with Crippen LogP contribution in [0.2, 0.25) is 0 Å². The molecule has 0 aliphatic heterocycles. The van der Waals surface area contributed by atoms with Gasteiger partial charge in [0.05, 0.1) is 18.9 Å². The Hall–Kier alpha value is -2.23. The summed E-state index contributed by atoms with van der Waals surface area (Å²) in [7, 11) is 1.49. The molecule has 0 saturated heterocycles. The van der Waals surface area contributed by atoms with Crippen LogP contribution in [0.1, 0.15) is 15.9 Å². The van der Waals surface area contributed by atoms with Crippen LogP contribution in [-0.4, -0.2) is 17.9 Å². The minimum Gasteiger partial charge on any atom is -0.494 e. The van der Waals surface area contributed by atoms with Crippen molar-refractivity contribution in [1.29, 1.82) is 0 Å². The molecule has 2 aromatic rings. The molecular weight excluding hydrogens is 233 g/mol. The number of ketones is 1. The fourth-order valence-corrected chi connectivity index (χ4v) is 1.66. The van der Waals surface area contributed by atoms with Gasteiger partial charge in [0.1, 0.15) is 11.6 Å². The number of aromatic nitrogens is 1. The van der Waals surface area contributed by atoms with E-state index >= 15 is 0 Å². The van der Waals surface area contributed by atoms with Gasteiger partial charge < -0.3 is 4.74 Å². The number of carbonyl (C=O) groups is 1. The molecule has 0 unspecified atom stereocenters. The van der Waals surface area contributed by atoms with E-state index in [4.69, 9.17) is 4.74 Å². The van der Waals surface area contributed by atoms with Crippen molar-refractivity contribution in [2.45, 2.75) is 6.42 Å². The quantitative estimate of drug-likeness (QED) is 0.777. The van der Waals surface area contributed by atoms with Gasteiger partial charge in [-0.05, 0) is 23.8 Å². The number of hydrogen-bond donors (Lipinski definition) is 0. The normalized spacial score (nSPS) is 10.1. The standard InChI is InChI=1S/C14H12FNO2/c1-18-14-9-16-7-6-12(14)13(17)8-10-2-4-11(15)5-3-10/h2-7,9H,8H2,1H3. The van der Waals surface area contributed by atoms with Crippen LogP contribution in [-0.2, 0) is 6.42 Å². The minimum absolute atomic E-state index is 0.0825. The lowest BCUT2D eigenvalue weighted by Gasteiger charge is -2.06. The maximum atomic E-state index is 12.8. The molecule has 3 nitrogen and oxygen atoms in total. The van der Waals surface area contributed by atoms with Crippen molar-refractivity contribution < 1.29 is 13.9 Å². The first kappa shape index (κ1) is 12.2. The zero-order valence-corrected chi connectivity index (χ0v) is 9.89. The summed E-state index contributed by atoms with van der Waals surface area (Å²) in [5.41, 5.74) is 1.25. The molecule has 0 bridgehead atoms. The average molecular weight is 245 g/mol. The Kier molecular flexibility index (Phi) is 3.67. The first-order chi connectivity index (χ1) is 8.70. The predicted molar refractivity (Wildman–Crippen MR) is 65.2 cm³/mol. The third-order valence-corrected chi connectivity index (χ3v) is 2.58. The summed E-state index contributed by atoms with van der Waals surface area (Å²) in [5.74, 6) is 0.0539. The number of hydrogen-bond acceptors (Lipinski definition) is 3. The van der Waals surface area contributed by atoms with Gasteiger partial charge in [0.25, 0.3) is 0 Å². The maximum Gasteiger partial charge on any atom is 0.171 e. The zero-order valence-electron chi connectivity index (χ0n) is 9.89. The Morgan fingerprint density at radius 2 is 2.00 bits per heavy atom. The highest BCUT2D eigenvalue weighted by atomic mass is 19.1. The molecule has 0 amide bonds. The molecule has 92 valence electrons. The smallest absolute Gasteiger partial charge is 0.171 e. The van der Waals surface area contributed by atoms with Crippen molar-refractivity contribution in [2.24, 2.45) is 0 Å². The van der Waals surface area contributed by atoms with Gasteiger partial charge in [-0.3, -0.25) is 9.78 Å². The van der Waals surface area contributed by atoms with Gasteiger partial charge in [0, 0.05) is 12.6 Å². The van der Waals surface area contributed by atoms with Gasteiger partial charge in [-0.2, -0.15) is 0 Å². The van der Waals surface area contributed by atoms with Crippen LogP contribution >= 0.6 is 0 Å². The molecule has 1 heterocycles. The second-order valence-electron chi connectivity index (χ2n) is 3.80. The fourth-order valence-electron chi connectivity index (χ4n) is 1.66. The Balaban J connectivity index is 2.19. The highest BCUT2D eigenvalue weighted by Crippen LogP contribution is 2.18. The second-order valence-corrected chi connectivity index (χ2v) is 3.80. The Bertz CT molecular complexity index is 552. The number of carbonyl (C=O) groups excluding carboxylic acids is 1. The SMILES string of the molecule is COc1cnccc1C(=O)Cc1ccc(F)cc1. The maximum absolute atomic E-state index is 12.8. The average Bonchev–Trinajstić information content (AvgIpc) is 2.41. The summed E-state index contributed by atoms with van der Waals surface area (Å²) in [5, 5.41) is 0. The van der Waals surface area contributed by atoms with Crippen molar-refractivity contribution in [1.82, 2.24) is 4.98 Å². The molecule has 4 heteroatoms. The number of methoxy groups -OCH3 is 1. The Morgan fingerprint density at radius 3 is 2.67 bits per heavy atom. The number of Topliss-reactive ketones (excluding diaryl/α,β-unsaturated/α-hetero) is 1. The van der Waals surface area contributed by atoms with E-state index in [0.29, 0.717) is 11.3 Å². The van der Waals surface area contributed by atoms with Crippen LogP contribution in [0.5, 0.6) is 5.75 Å². The fraction of sp³-hybridized carbons (Fsp3) is 0.143. The molecule has 1 aromatic carbocycles. The lowest BCUT2D eigenvalue weighted by Crippen LogP contribution is -2.06. The summed E-state index contributed by atoms with van der Waals surface area (Å²) in [4.78, 5) is 16.0. The van der Waals surface area contributed by atoms with Crippen LogP contribution in [0.3, 0.4) is 0 Å². The highest BCUT2D eigenvalue weighted by Gasteiger charge is 2.12. The molecule has 0 fully saturated rings. The van der Waals surface area contributed by atoms with Crippen molar-refractivity contribution in [3.8, 4) is 5.75 Å². The van der Waals surface area contributed by atoms with E-state index < -0.39 is 0 Å². The van der Waals surface area contributed by atoms with Crippen molar-refractivity contribution in [3.63, 3.8) is 0 Å². The zero-order chi connectivity index (χ0) is 13.0. The summed E-state index contributed by atoms with van der Waals surface area (Å²) in [6, 6.07) is 7.49. The molecule has 0 saturated carbocycles. The number of pyridine rings is 1. The van der Waals surface area contributed by atoms with E-state index in [1.807, 2.05) is 0 Å². The van der Waals surface area contributed by atoms with Gasteiger partial charge in [-0.1, -0.05) is 12.1 Å². The molecule has 0 spiro atoms. The Labute approximate surface area is 104 Å². The monoisotopic (exact) mass is 245 g/mol. The van der Waals surface area contributed by atoms with Crippen LogP contribution in [0.25, 0.3) is 0 Å². The number of ether oxygens (including phenoxy) is 1. The number of rotatable bonds is 4. The van der Waals surface area contributed by atoms with Crippen LogP contribution in [0.15, 0.2) is 42.7 Å². The second kappa shape index (κ2) is 5.40. The lowest BCUT2D eigenvalue weighted by atomic mass is 10.0. The summed E-state index contributed by atoms with van der Waals surface area (Å²) in [6.07, 6.45) is 3.25. The van der Waals surface area contributed by atoms with E-state index in [-0.39, 0.29) is 18.0 Å². The molecule has 1 aromatic heterocycles. The van der Waals surface area contributed by atoms with E-state index in [1.165, 1.54) is 25.4 Å². The van der Waals surface area contributed by atoms with Gasteiger partial charge >= 0.3 is 0 Å². The third kappa shape index (κ3) is 2.71. The molecular formula is C14H12FNO2. The largest absolute Gasteiger partial charge is 0.494 e. The summed E-state index contributed by atoms with van der Waals surface area (Å²) >= 11 is 0. The minimum atomic E-state index is -0.312. The lowest BCUT2D eigenvalue weighted by molar-refractivity contribution is 0.0990. The van der Waals surface area contributed by atoms with E-state index in [1.54, 1.807) is 24.4 Å². The van der Waals surface area contributed by atoms with Crippen molar-refractivity contribution in [2.75, 3.05) is 7.11 Å². The van der Waals surface area contributed by atoms with Gasteiger partial charge in [-0.25, -0.2) is 4.39 Å².